The number of halogens is 1. The molecule has 1 aromatic rings. The summed E-state index contributed by atoms with van der Waals surface area (Å²) in [5.41, 5.74) is 2.09. The quantitative estimate of drug-likeness (QED) is 0.503. The fourth-order valence-corrected chi connectivity index (χ4v) is 2.92. The minimum atomic E-state index is -0.275. The van der Waals surface area contributed by atoms with Gasteiger partial charge in [-0.25, -0.2) is 9.78 Å². The average molecular weight is 352 g/mol. The van der Waals surface area contributed by atoms with Crippen LogP contribution in [-0.4, -0.2) is 30.1 Å². The molecule has 0 saturated heterocycles. The first-order valence-electron chi connectivity index (χ1n) is 8.19. The highest BCUT2D eigenvalue weighted by atomic mass is 35.5. The first-order valence-corrected chi connectivity index (χ1v) is 8.57. The fraction of sp³-hybridized carbons (Fsp3) is 0.500. The topological polar surface area (TPSA) is 65.5 Å². The summed E-state index contributed by atoms with van der Waals surface area (Å²) < 4.78 is 9.93. The summed E-state index contributed by atoms with van der Waals surface area (Å²) in [4.78, 5) is 26.8. The lowest BCUT2D eigenvalue weighted by Gasteiger charge is -2.17. The highest BCUT2D eigenvalue weighted by molar-refractivity contribution is 6.29. The molecule has 0 saturated carbocycles. The van der Waals surface area contributed by atoms with Crippen LogP contribution in [0, 0.1) is 5.92 Å². The second kappa shape index (κ2) is 9.42. The van der Waals surface area contributed by atoms with E-state index in [2.05, 4.69) is 4.98 Å². The van der Waals surface area contributed by atoms with Gasteiger partial charge in [0, 0.05) is 18.7 Å². The normalized spacial score (nSPS) is 14.9. The first kappa shape index (κ1) is 18.5. The maximum Gasteiger partial charge on any atom is 0.331 e. The Morgan fingerprint density at radius 2 is 2.25 bits per heavy atom. The summed E-state index contributed by atoms with van der Waals surface area (Å²) in [7, 11) is 0. The number of nitrogens with zero attached hydrogens (tertiary/aromatic N) is 1. The number of cyclic esters (lactones) is 1. The van der Waals surface area contributed by atoms with Gasteiger partial charge in [0.05, 0.1) is 6.61 Å². The molecule has 0 amide bonds. The predicted molar refractivity (Wildman–Crippen MR) is 90.6 cm³/mol. The van der Waals surface area contributed by atoms with Crippen LogP contribution >= 0.6 is 11.6 Å². The molecule has 6 heteroatoms. The smallest absolute Gasteiger partial charge is 0.331 e. The first-order chi connectivity index (χ1) is 11.6. The Kier molecular flexibility index (Phi) is 7.25. The van der Waals surface area contributed by atoms with Gasteiger partial charge < -0.3 is 9.47 Å². The van der Waals surface area contributed by atoms with E-state index in [4.69, 9.17) is 21.1 Å². The molecule has 0 aromatic carbocycles. The molecule has 24 heavy (non-hydrogen) atoms. The van der Waals surface area contributed by atoms with Crippen LogP contribution in [0.1, 0.15) is 38.2 Å². The molecule has 1 aliphatic rings. The van der Waals surface area contributed by atoms with E-state index in [1.165, 1.54) is 0 Å². The van der Waals surface area contributed by atoms with Crippen LogP contribution in [0.15, 0.2) is 30.0 Å². The number of esters is 2. The Morgan fingerprint density at radius 1 is 1.42 bits per heavy atom. The summed E-state index contributed by atoms with van der Waals surface area (Å²) in [6.07, 6.45) is 6.97. The SMILES string of the molecule is CCOC(=O)CCCC(CC1=CC(=O)OC1)Cc1ccc(Cl)nc1. The molecule has 1 aromatic heterocycles. The zero-order valence-corrected chi connectivity index (χ0v) is 14.6. The Hall–Kier alpha value is -1.88. The largest absolute Gasteiger partial charge is 0.466 e. The van der Waals surface area contributed by atoms with Crippen molar-refractivity contribution in [3.63, 3.8) is 0 Å². The van der Waals surface area contributed by atoms with Crippen molar-refractivity contribution in [3.05, 3.63) is 40.7 Å². The second-order valence-electron chi connectivity index (χ2n) is 5.87. The van der Waals surface area contributed by atoms with Crippen molar-refractivity contribution < 1.29 is 19.1 Å². The van der Waals surface area contributed by atoms with E-state index in [0.717, 1.165) is 36.8 Å². The highest BCUT2D eigenvalue weighted by Crippen LogP contribution is 2.25. The van der Waals surface area contributed by atoms with Gasteiger partial charge in [0.2, 0.25) is 0 Å². The van der Waals surface area contributed by atoms with Crippen molar-refractivity contribution in [2.45, 2.75) is 39.0 Å². The van der Waals surface area contributed by atoms with E-state index < -0.39 is 0 Å². The number of carbonyl (C=O) groups excluding carboxylic acids is 2. The van der Waals surface area contributed by atoms with Gasteiger partial charge in [-0.15, -0.1) is 0 Å². The van der Waals surface area contributed by atoms with E-state index in [0.29, 0.717) is 30.7 Å². The number of ether oxygens (including phenoxy) is 2. The van der Waals surface area contributed by atoms with Gasteiger partial charge in [-0.1, -0.05) is 17.7 Å². The molecule has 0 spiro atoms. The van der Waals surface area contributed by atoms with Crippen molar-refractivity contribution in [1.29, 1.82) is 0 Å². The molecule has 5 nitrogen and oxygen atoms in total. The maximum absolute atomic E-state index is 11.5. The number of hydrogen-bond donors (Lipinski definition) is 0. The minimum Gasteiger partial charge on any atom is -0.466 e. The van der Waals surface area contributed by atoms with E-state index in [-0.39, 0.29) is 11.9 Å². The summed E-state index contributed by atoms with van der Waals surface area (Å²) in [5, 5.41) is 0.468. The van der Waals surface area contributed by atoms with Crippen molar-refractivity contribution in [1.82, 2.24) is 4.98 Å². The van der Waals surface area contributed by atoms with Gasteiger partial charge in [0.25, 0.3) is 0 Å². The van der Waals surface area contributed by atoms with Crippen LogP contribution in [0.5, 0.6) is 0 Å². The summed E-state index contributed by atoms with van der Waals surface area (Å²) in [5.74, 6) is -0.130. The summed E-state index contributed by atoms with van der Waals surface area (Å²) in [6.45, 7) is 2.58. The molecule has 0 bridgehead atoms. The molecule has 1 atom stereocenters. The Bertz CT molecular complexity index is 598. The maximum atomic E-state index is 11.5. The zero-order valence-electron chi connectivity index (χ0n) is 13.8. The second-order valence-corrected chi connectivity index (χ2v) is 6.26. The van der Waals surface area contributed by atoms with Gasteiger partial charge >= 0.3 is 11.9 Å². The number of aromatic nitrogens is 1. The van der Waals surface area contributed by atoms with E-state index in [1.54, 1.807) is 25.3 Å². The lowest BCUT2D eigenvalue weighted by molar-refractivity contribution is -0.143. The van der Waals surface area contributed by atoms with Crippen molar-refractivity contribution in [3.8, 4) is 0 Å². The van der Waals surface area contributed by atoms with Gasteiger partial charge in [0.1, 0.15) is 11.8 Å². The molecule has 2 rings (SSSR count). The van der Waals surface area contributed by atoms with Gasteiger partial charge in [-0.3, -0.25) is 4.79 Å². The van der Waals surface area contributed by atoms with Gasteiger partial charge in [-0.2, -0.15) is 0 Å². The monoisotopic (exact) mass is 351 g/mol. The molecule has 0 fully saturated rings. The lowest BCUT2D eigenvalue weighted by Crippen LogP contribution is -2.10. The lowest BCUT2D eigenvalue weighted by atomic mass is 9.89. The number of pyridine rings is 1. The molecule has 1 aliphatic heterocycles. The molecule has 2 heterocycles. The van der Waals surface area contributed by atoms with E-state index in [9.17, 15) is 9.59 Å². The van der Waals surface area contributed by atoms with Crippen molar-refractivity contribution >= 4 is 23.5 Å². The molecule has 1 unspecified atom stereocenters. The van der Waals surface area contributed by atoms with Crippen molar-refractivity contribution in [2.75, 3.05) is 13.2 Å². The predicted octanol–water partition coefficient (Wildman–Crippen LogP) is 3.50. The van der Waals surface area contributed by atoms with Crippen LogP contribution in [0.4, 0.5) is 0 Å². The Balaban J connectivity index is 1.92. The number of rotatable bonds is 9. The Labute approximate surface area is 147 Å². The minimum absolute atomic E-state index is 0.164. The Morgan fingerprint density at radius 3 is 2.88 bits per heavy atom. The zero-order chi connectivity index (χ0) is 17.4. The standard InChI is InChI=1S/C18H22ClNO4/c1-2-23-17(21)5-3-4-13(9-15-10-18(22)24-12-15)8-14-6-7-16(19)20-11-14/h6-7,10-11,13H,2-5,8-9,12H2,1H3. The van der Waals surface area contributed by atoms with Crippen molar-refractivity contribution in [2.24, 2.45) is 5.92 Å². The average Bonchev–Trinajstić information content (AvgIpc) is 2.95. The van der Waals surface area contributed by atoms with Crippen LogP contribution in [0.25, 0.3) is 0 Å². The third-order valence-corrected chi connectivity index (χ3v) is 4.11. The van der Waals surface area contributed by atoms with Gasteiger partial charge in [0.15, 0.2) is 0 Å². The summed E-state index contributed by atoms with van der Waals surface area (Å²) in [6, 6.07) is 3.73. The van der Waals surface area contributed by atoms with E-state index in [1.807, 2.05) is 6.07 Å². The van der Waals surface area contributed by atoms with Crippen LogP contribution in [0.2, 0.25) is 5.15 Å². The molecular formula is C18H22ClNO4. The van der Waals surface area contributed by atoms with E-state index >= 15 is 0 Å². The van der Waals surface area contributed by atoms with Gasteiger partial charge in [-0.05, 0) is 55.7 Å². The van der Waals surface area contributed by atoms with Crippen LogP contribution in [-0.2, 0) is 25.5 Å². The molecule has 0 aliphatic carbocycles. The molecule has 0 radical (unpaired) electrons. The van der Waals surface area contributed by atoms with Crippen LogP contribution in [0.3, 0.4) is 0 Å². The number of carbonyl (C=O) groups is 2. The third-order valence-electron chi connectivity index (χ3n) is 3.88. The van der Waals surface area contributed by atoms with Crippen LogP contribution < -0.4 is 0 Å². The fourth-order valence-electron chi connectivity index (χ4n) is 2.81. The molecular weight excluding hydrogens is 330 g/mol. The third kappa shape index (κ3) is 6.32. The highest BCUT2D eigenvalue weighted by Gasteiger charge is 2.19. The summed E-state index contributed by atoms with van der Waals surface area (Å²) >= 11 is 5.82. The molecule has 130 valence electrons. The number of hydrogen-bond acceptors (Lipinski definition) is 5. The molecule has 0 N–H and O–H groups in total.